The molecule has 20 heavy (non-hydrogen) atoms. The quantitative estimate of drug-likeness (QED) is 0.837. The Hall–Kier alpha value is -1.88. The zero-order chi connectivity index (χ0) is 14.9. The zero-order valence-corrected chi connectivity index (χ0v) is 12.3. The van der Waals surface area contributed by atoms with Gasteiger partial charge in [0, 0.05) is 26.4 Å². The molecular weight excluding hydrogens is 256 g/mol. The van der Waals surface area contributed by atoms with Crippen molar-refractivity contribution in [3.05, 3.63) is 29.3 Å². The molecule has 1 aromatic carbocycles. The van der Waals surface area contributed by atoms with Crippen molar-refractivity contribution in [3.63, 3.8) is 0 Å². The number of hydrogen-bond donors (Lipinski definition) is 1. The van der Waals surface area contributed by atoms with Gasteiger partial charge in [-0.25, -0.2) is 0 Å². The van der Waals surface area contributed by atoms with Gasteiger partial charge in [0.2, 0.25) is 0 Å². The Morgan fingerprint density at radius 1 is 1.20 bits per heavy atom. The van der Waals surface area contributed by atoms with Crippen molar-refractivity contribution in [3.8, 4) is 0 Å². The minimum absolute atomic E-state index is 0.185. The van der Waals surface area contributed by atoms with E-state index in [2.05, 4.69) is 5.32 Å². The second-order valence-corrected chi connectivity index (χ2v) is 5.57. The van der Waals surface area contributed by atoms with Gasteiger partial charge in [0.1, 0.15) is 0 Å². The monoisotopic (exact) mass is 276 g/mol. The highest BCUT2D eigenvalue weighted by Crippen LogP contribution is 2.25. The van der Waals surface area contributed by atoms with E-state index in [9.17, 15) is 9.59 Å². The van der Waals surface area contributed by atoms with Gasteiger partial charge in [-0.1, -0.05) is 0 Å². The molecule has 2 rings (SSSR count). The Bertz CT molecular complexity index is 552. The van der Waals surface area contributed by atoms with Crippen LogP contribution in [0.3, 0.4) is 0 Å². The summed E-state index contributed by atoms with van der Waals surface area (Å²) in [4.78, 5) is 24.8. The molecule has 0 bridgehead atoms. The molecular formula is C15H20N2O3. The normalized spacial score (nSPS) is 14.7. The Morgan fingerprint density at radius 2 is 1.85 bits per heavy atom. The molecule has 0 aromatic heterocycles. The van der Waals surface area contributed by atoms with Crippen LogP contribution in [0.15, 0.2) is 18.2 Å². The summed E-state index contributed by atoms with van der Waals surface area (Å²) in [7, 11) is 3.19. The van der Waals surface area contributed by atoms with E-state index in [4.69, 9.17) is 4.74 Å². The van der Waals surface area contributed by atoms with Gasteiger partial charge < -0.3 is 10.1 Å². The molecule has 0 saturated heterocycles. The van der Waals surface area contributed by atoms with Crippen molar-refractivity contribution in [1.29, 1.82) is 0 Å². The number of nitrogens with zero attached hydrogens (tertiary/aromatic N) is 1. The standard InChI is InChI=1S/C15H20N2O3/c1-15(2,20-4)7-8-16-10-5-6-11-12(9-10)14(19)17(3)13(11)18/h5-6,9,16H,7-8H2,1-4H3. The number of amides is 2. The van der Waals surface area contributed by atoms with E-state index in [1.807, 2.05) is 19.9 Å². The second-order valence-electron chi connectivity index (χ2n) is 5.57. The van der Waals surface area contributed by atoms with Gasteiger partial charge in [-0.2, -0.15) is 0 Å². The maximum atomic E-state index is 11.9. The number of nitrogens with one attached hydrogen (secondary N) is 1. The highest BCUT2D eigenvalue weighted by atomic mass is 16.5. The van der Waals surface area contributed by atoms with Gasteiger partial charge in [-0.15, -0.1) is 0 Å². The predicted molar refractivity (Wildman–Crippen MR) is 77.1 cm³/mol. The van der Waals surface area contributed by atoms with Crippen molar-refractivity contribution in [2.75, 3.05) is 26.0 Å². The molecule has 0 spiro atoms. The molecule has 5 heteroatoms. The summed E-state index contributed by atoms with van der Waals surface area (Å²) in [6.07, 6.45) is 0.841. The summed E-state index contributed by atoms with van der Waals surface area (Å²) in [6.45, 7) is 4.78. The van der Waals surface area contributed by atoms with Gasteiger partial charge >= 0.3 is 0 Å². The number of fused-ring (bicyclic) bond motifs is 1. The molecule has 0 fully saturated rings. The first-order chi connectivity index (χ1) is 9.35. The molecule has 0 radical (unpaired) electrons. The topological polar surface area (TPSA) is 58.6 Å². The number of rotatable bonds is 5. The van der Waals surface area contributed by atoms with Crippen LogP contribution in [0.4, 0.5) is 5.69 Å². The van der Waals surface area contributed by atoms with Crippen molar-refractivity contribution in [2.24, 2.45) is 0 Å². The first-order valence-electron chi connectivity index (χ1n) is 6.61. The molecule has 2 amide bonds. The van der Waals surface area contributed by atoms with Gasteiger partial charge in [0.25, 0.3) is 11.8 Å². The molecule has 1 aliphatic rings. The van der Waals surface area contributed by atoms with Crippen molar-refractivity contribution >= 4 is 17.5 Å². The van der Waals surface area contributed by atoms with E-state index >= 15 is 0 Å². The second kappa shape index (κ2) is 5.25. The number of carbonyl (C=O) groups excluding carboxylic acids is 2. The molecule has 0 unspecified atom stereocenters. The number of anilines is 1. The lowest BCUT2D eigenvalue weighted by Crippen LogP contribution is -2.25. The minimum atomic E-state index is -0.245. The number of carbonyl (C=O) groups is 2. The van der Waals surface area contributed by atoms with Crippen LogP contribution in [-0.4, -0.2) is 43.0 Å². The number of hydrogen-bond acceptors (Lipinski definition) is 4. The fourth-order valence-corrected chi connectivity index (χ4v) is 2.08. The number of methoxy groups -OCH3 is 1. The van der Waals surface area contributed by atoms with E-state index in [1.54, 1.807) is 19.2 Å². The summed E-state index contributed by atoms with van der Waals surface area (Å²) in [5.74, 6) is -0.483. The Labute approximate surface area is 118 Å². The highest BCUT2D eigenvalue weighted by molar-refractivity contribution is 6.21. The van der Waals surface area contributed by atoms with Crippen molar-refractivity contribution in [2.45, 2.75) is 25.9 Å². The maximum Gasteiger partial charge on any atom is 0.261 e. The lowest BCUT2D eigenvalue weighted by molar-refractivity contribution is 0.0185. The fourth-order valence-electron chi connectivity index (χ4n) is 2.08. The molecule has 1 N–H and O–H groups in total. The Morgan fingerprint density at radius 3 is 2.50 bits per heavy atom. The van der Waals surface area contributed by atoms with Crippen LogP contribution in [0.1, 0.15) is 41.0 Å². The van der Waals surface area contributed by atoms with Gasteiger partial charge in [0.15, 0.2) is 0 Å². The first kappa shape index (κ1) is 14.5. The number of ether oxygens (including phenoxy) is 1. The summed E-state index contributed by atoms with van der Waals surface area (Å²) < 4.78 is 5.35. The van der Waals surface area contributed by atoms with Crippen molar-refractivity contribution < 1.29 is 14.3 Å². The summed E-state index contributed by atoms with van der Waals surface area (Å²) in [6, 6.07) is 5.25. The van der Waals surface area contributed by atoms with Gasteiger partial charge in [-0.05, 0) is 38.5 Å². The third kappa shape index (κ3) is 2.67. The SMILES string of the molecule is COC(C)(C)CCNc1ccc2c(c1)C(=O)N(C)C2=O. The van der Waals surface area contributed by atoms with E-state index in [-0.39, 0.29) is 17.4 Å². The summed E-state index contributed by atoms with van der Waals surface area (Å²) in [5, 5.41) is 3.25. The van der Waals surface area contributed by atoms with E-state index in [0.717, 1.165) is 23.6 Å². The molecule has 0 saturated carbocycles. The average molecular weight is 276 g/mol. The van der Waals surface area contributed by atoms with E-state index < -0.39 is 0 Å². The number of benzene rings is 1. The number of imide groups is 1. The van der Waals surface area contributed by atoms with Crippen molar-refractivity contribution in [1.82, 2.24) is 4.90 Å². The zero-order valence-electron chi connectivity index (χ0n) is 12.3. The molecule has 5 nitrogen and oxygen atoms in total. The molecule has 108 valence electrons. The van der Waals surface area contributed by atoms with Crippen LogP contribution in [-0.2, 0) is 4.74 Å². The van der Waals surface area contributed by atoms with Gasteiger partial charge in [0.05, 0.1) is 16.7 Å². The third-order valence-corrected chi connectivity index (χ3v) is 3.70. The van der Waals surface area contributed by atoms with Crippen LogP contribution >= 0.6 is 0 Å². The smallest absolute Gasteiger partial charge is 0.261 e. The minimum Gasteiger partial charge on any atom is -0.385 e. The average Bonchev–Trinajstić information content (AvgIpc) is 2.64. The maximum absolute atomic E-state index is 11.9. The van der Waals surface area contributed by atoms with E-state index in [0.29, 0.717) is 11.1 Å². The van der Waals surface area contributed by atoms with Crippen LogP contribution in [0.2, 0.25) is 0 Å². The fraction of sp³-hybridized carbons (Fsp3) is 0.467. The summed E-state index contributed by atoms with van der Waals surface area (Å²) >= 11 is 0. The summed E-state index contributed by atoms with van der Waals surface area (Å²) in [5.41, 5.74) is 1.59. The van der Waals surface area contributed by atoms with E-state index in [1.165, 1.54) is 7.05 Å². The molecule has 1 heterocycles. The lowest BCUT2D eigenvalue weighted by atomic mass is 10.1. The van der Waals surface area contributed by atoms with Crippen LogP contribution < -0.4 is 5.32 Å². The third-order valence-electron chi connectivity index (χ3n) is 3.70. The van der Waals surface area contributed by atoms with Crippen LogP contribution in [0.25, 0.3) is 0 Å². The molecule has 0 atom stereocenters. The molecule has 0 aliphatic carbocycles. The van der Waals surface area contributed by atoms with Gasteiger partial charge in [-0.3, -0.25) is 14.5 Å². The Balaban J connectivity index is 2.06. The Kier molecular flexibility index (Phi) is 3.81. The molecule has 1 aromatic rings. The largest absolute Gasteiger partial charge is 0.385 e. The predicted octanol–water partition coefficient (Wildman–Crippen LogP) is 2.14. The first-order valence-corrected chi connectivity index (χ1v) is 6.61. The molecule has 1 aliphatic heterocycles. The lowest BCUT2D eigenvalue weighted by Gasteiger charge is -2.23. The van der Waals surface area contributed by atoms with Crippen LogP contribution in [0, 0.1) is 0 Å². The highest BCUT2D eigenvalue weighted by Gasteiger charge is 2.32. The van der Waals surface area contributed by atoms with Crippen LogP contribution in [0.5, 0.6) is 0 Å².